The fourth-order valence-corrected chi connectivity index (χ4v) is 4.29. The fraction of sp³-hybridized carbons (Fsp3) is 1.00. The molecule has 14 heavy (non-hydrogen) atoms. The van der Waals surface area contributed by atoms with Gasteiger partial charge in [-0.2, -0.15) is 0 Å². The molecule has 0 aliphatic heterocycles. The molecule has 5 atom stereocenters. The lowest BCUT2D eigenvalue weighted by atomic mass is 9.79. The highest BCUT2D eigenvalue weighted by atomic mass is 14.7. The zero-order valence-corrected chi connectivity index (χ0v) is 9.12. The van der Waals surface area contributed by atoms with Crippen molar-refractivity contribution in [3.05, 3.63) is 0 Å². The van der Waals surface area contributed by atoms with Gasteiger partial charge in [0, 0.05) is 0 Å². The van der Waals surface area contributed by atoms with Crippen molar-refractivity contribution in [2.75, 3.05) is 6.54 Å². The Kier molecular flexibility index (Phi) is 2.31. The summed E-state index contributed by atoms with van der Waals surface area (Å²) in [4.78, 5) is 0. The van der Waals surface area contributed by atoms with Crippen molar-refractivity contribution in [2.24, 2.45) is 35.3 Å². The number of hydrogen-bond acceptors (Lipinski definition) is 1. The molecule has 1 heteroatoms. The second-order valence-electron chi connectivity index (χ2n) is 5.85. The highest BCUT2D eigenvalue weighted by Crippen LogP contribution is 2.68. The molecule has 5 unspecified atom stereocenters. The number of hydrogen-bond donors (Lipinski definition) is 1. The highest BCUT2D eigenvalue weighted by Gasteiger charge is 2.61. The van der Waals surface area contributed by atoms with E-state index in [0.29, 0.717) is 0 Å². The average Bonchev–Trinajstić information content (AvgIpc) is 2.69. The van der Waals surface area contributed by atoms with Crippen LogP contribution in [-0.4, -0.2) is 6.54 Å². The van der Waals surface area contributed by atoms with Crippen molar-refractivity contribution in [3.8, 4) is 0 Å². The van der Waals surface area contributed by atoms with Crippen LogP contribution < -0.4 is 5.73 Å². The van der Waals surface area contributed by atoms with Crippen LogP contribution in [0, 0.1) is 29.6 Å². The van der Waals surface area contributed by atoms with Gasteiger partial charge in [-0.25, -0.2) is 0 Å². The molecule has 3 aliphatic rings. The molecule has 0 spiro atoms. The summed E-state index contributed by atoms with van der Waals surface area (Å²) in [7, 11) is 0. The van der Waals surface area contributed by atoms with Crippen molar-refractivity contribution < 1.29 is 0 Å². The second-order valence-corrected chi connectivity index (χ2v) is 5.85. The van der Waals surface area contributed by atoms with Crippen LogP contribution in [-0.2, 0) is 0 Å². The van der Waals surface area contributed by atoms with Crippen LogP contribution in [0.3, 0.4) is 0 Å². The highest BCUT2D eigenvalue weighted by molar-refractivity contribution is 5.09. The maximum atomic E-state index is 5.67. The Morgan fingerprint density at radius 2 is 1.93 bits per heavy atom. The van der Waals surface area contributed by atoms with E-state index in [2.05, 4.69) is 0 Å². The summed E-state index contributed by atoms with van der Waals surface area (Å²) in [6.45, 7) is 0.908. The molecule has 3 saturated carbocycles. The van der Waals surface area contributed by atoms with Crippen LogP contribution in [0.2, 0.25) is 0 Å². The van der Waals surface area contributed by atoms with Crippen molar-refractivity contribution in [3.63, 3.8) is 0 Å². The minimum atomic E-state index is 0.908. The third-order valence-corrected chi connectivity index (χ3v) is 5.19. The summed E-state index contributed by atoms with van der Waals surface area (Å²) in [6.07, 6.45) is 10.4. The molecule has 1 nitrogen and oxygen atoms in total. The fourth-order valence-electron chi connectivity index (χ4n) is 4.29. The summed E-state index contributed by atoms with van der Waals surface area (Å²) >= 11 is 0. The van der Waals surface area contributed by atoms with Gasteiger partial charge in [-0.1, -0.05) is 19.3 Å². The summed E-state index contributed by atoms with van der Waals surface area (Å²) in [6, 6.07) is 0. The van der Waals surface area contributed by atoms with Gasteiger partial charge < -0.3 is 5.73 Å². The van der Waals surface area contributed by atoms with Crippen LogP contribution in [0.5, 0.6) is 0 Å². The van der Waals surface area contributed by atoms with Crippen LogP contribution in [0.1, 0.15) is 44.9 Å². The van der Waals surface area contributed by atoms with Gasteiger partial charge >= 0.3 is 0 Å². The molecule has 3 fully saturated rings. The zero-order valence-electron chi connectivity index (χ0n) is 9.12. The molecule has 0 amide bonds. The first-order valence-electron chi connectivity index (χ1n) is 6.60. The number of fused-ring (bicyclic) bond motifs is 1. The smallest absolute Gasteiger partial charge is 0.00746 e. The van der Waals surface area contributed by atoms with Gasteiger partial charge in [0.25, 0.3) is 0 Å². The van der Waals surface area contributed by atoms with Crippen LogP contribution in [0.25, 0.3) is 0 Å². The Balaban J connectivity index is 1.56. The Hall–Kier alpha value is -0.0400. The number of rotatable bonds is 2. The first-order chi connectivity index (χ1) is 6.90. The van der Waals surface area contributed by atoms with Gasteiger partial charge in [-0.15, -0.1) is 0 Å². The van der Waals surface area contributed by atoms with E-state index in [0.717, 1.165) is 18.4 Å². The Bertz CT molecular complexity index is 209. The molecule has 0 aromatic carbocycles. The van der Waals surface area contributed by atoms with Gasteiger partial charge in [0.05, 0.1) is 0 Å². The maximum absolute atomic E-state index is 5.67. The van der Waals surface area contributed by atoms with Gasteiger partial charge in [-0.05, 0) is 61.8 Å². The van der Waals surface area contributed by atoms with E-state index in [-0.39, 0.29) is 0 Å². The topological polar surface area (TPSA) is 26.0 Å². The Labute approximate surface area is 87.4 Å². The monoisotopic (exact) mass is 193 g/mol. The summed E-state index contributed by atoms with van der Waals surface area (Å²) in [5.74, 6) is 5.69. The quantitative estimate of drug-likeness (QED) is 0.717. The second kappa shape index (κ2) is 3.52. The largest absolute Gasteiger partial charge is 0.330 e. The summed E-state index contributed by atoms with van der Waals surface area (Å²) in [5.41, 5.74) is 5.67. The van der Waals surface area contributed by atoms with Crippen LogP contribution in [0.15, 0.2) is 0 Å². The normalized spacial score (nSPS) is 50.8. The first-order valence-corrected chi connectivity index (χ1v) is 6.60. The molecule has 0 saturated heterocycles. The first kappa shape index (κ1) is 9.21. The van der Waals surface area contributed by atoms with Crippen LogP contribution in [0.4, 0.5) is 0 Å². The SMILES string of the molecule is NCCC1CCCC2C3CC(CC1)C23. The minimum absolute atomic E-state index is 0.908. The van der Waals surface area contributed by atoms with E-state index in [1.165, 1.54) is 49.9 Å². The van der Waals surface area contributed by atoms with E-state index >= 15 is 0 Å². The predicted molar refractivity (Wildman–Crippen MR) is 58.8 cm³/mol. The summed E-state index contributed by atoms with van der Waals surface area (Å²) in [5, 5.41) is 0. The van der Waals surface area contributed by atoms with E-state index in [4.69, 9.17) is 5.73 Å². The molecule has 0 bridgehead atoms. The molecule has 3 rings (SSSR count). The lowest BCUT2D eigenvalue weighted by Gasteiger charge is -2.26. The van der Waals surface area contributed by atoms with Gasteiger partial charge in [0.1, 0.15) is 0 Å². The standard InChI is InChI=1S/C13H23N/c14-7-6-9-2-1-3-11-12-8-10(5-4-9)13(11)12/h9-13H,1-8,14H2. The van der Waals surface area contributed by atoms with E-state index < -0.39 is 0 Å². The minimum Gasteiger partial charge on any atom is -0.330 e. The Morgan fingerprint density at radius 1 is 1.00 bits per heavy atom. The van der Waals surface area contributed by atoms with Crippen molar-refractivity contribution in [2.45, 2.75) is 44.9 Å². The molecule has 2 N–H and O–H groups in total. The van der Waals surface area contributed by atoms with E-state index in [9.17, 15) is 0 Å². The van der Waals surface area contributed by atoms with Crippen molar-refractivity contribution in [1.29, 1.82) is 0 Å². The van der Waals surface area contributed by atoms with E-state index in [1.807, 2.05) is 0 Å². The molecular weight excluding hydrogens is 170 g/mol. The predicted octanol–water partition coefficient (Wildman–Crippen LogP) is 2.80. The lowest BCUT2D eigenvalue weighted by Crippen LogP contribution is -2.17. The van der Waals surface area contributed by atoms with Crippen LogP contribution >= 0.6 is 0 Å². The third kappa shape index (κ3) is 1.41. The number of nitrogens with two attached hydrogens (primary N) is 1. The Morgan fingerprint density at radius 3 is 2.79 bits per heavy atom. The van der Waals surface area contributed by atoms with Gasteiger partial charge in [-0.3, -0.25) is 0 Å². The average molecular weight is 193 g/mol. The van der Waals surface area contributed by atoms with Gasteiger partial charge in [0.15, 0.2) is 0 Å². The molecule has 3 aliphatic carbocycles. The molecule has 0 heterocycles. The third-order valence-electron chi connectivity index (χ3n) is 5.19. The molecule has 0 aromatic heterocycles. The van der Waals surface area contributed by atoms with Crippen molar-refractivity contribution >= 4 is 0 Å². The molecule has 0 aromatic rings. The molecule has 80 valence electrons. The molecular formula is C13H23N. The lowest BCUT2D eigenvalue weighted by molar-refractivity contribution is 0.242. The van der Waals surface area contributed by atoms with Gasteiger partial charge in [0.2, 0.25) is 0 Å². The maximum Gasteiger partial charge on any atom is -0.00746 e. The van der Waals surface area contributed by atoms with E-state index in [1.54, 1.807) is 12.8 Å². The zero-order chi connectivity index (χ0) is 9.54. The summed E-state index contributed by atoms with van der Waals surface area (Å²) < 4.78 is 0. The van der Waals surface area contributed by atoms with Crippen molar-refractivity contribution in [1.82, 2.24) is 0 Å². The molecule has 0 radical (unpaired) electrons.